The van der Waals surface area contributed by atoms with Gasteiger partial charge in [0.25, 0.3) is 0 Å². The van der Waals surface area contributed by atoms with Crippen LogP contribution in [0, 0.1) is 6.92 Å². The molecule has 4 nitrogen and oxygen atoms in total. The van der Waals surface area contributed by atoms with E-state index in [1.54, 1.807) is 0 Å². The van der Waals surface area contributed by atoms with Crippen molar-refractivity contribution in [2.24, 2.45) is 5.73 Å². The molecule has 2 N–H and O–H groups in total. The lowest BCUT2D eigenvalue weighted by molar-refractivity contribution is 0.574. The van der Waals surface area contributed by atoms with Gasteiger partial charge in [0.15, 0.2) is 0 Å². The number of rotatable bonds is 3. The number of aryl methyl sites for hydroxylation is 2. The van der Waals surface area contributed by atoms with E-state index < -0.39 is 0 Å². The van der Waals surface area contributed by atoms with E-state index in [-0.39, 0.29) is 0 Å². The second kappa shape index (κ2) is 6.14. The number of nitrogens with zero attached hydrogens (tertiary/aromatic N) is 3. The van der Waals surface area contributed by atoms with E-state index in [2.05, 4.69) is 27.9 Å². The molecule has 0 radical (unpaired) electrons. The highest BCUT2D eigenvalue weighted by Gasteiger charge is 2.21. The van der Waals surface area contributed by atoms with Crippen LogP contribution in [0.1, 0.15) is 44.1 Å². The summed E-state index contributed by atoms with van der Waals surface area (Å²) in [7, 11) is 0. The molecular formula is C14H24N4. The Labute approximate surface area is 110 Å². The van der Waals surface area contributed by atoms with E-state index in [0.29, 0.717) is 12.6 Å². The fourth-order valence-electron chi connectivity index (χ4n) is 2.66. The van der Waals surface area contributed by atoms with E-state index in [1.807, 2.05) is 6.92 Å². The molecule has 1 atom stereocenters. The van der Waals surface area contributed by atoms with Crippen LogP contribution < -0.4 is 10.6 Å². The summed E-state index contributed by atoms with van der Waals surface area (Å²) >= 11 is 0. The van der Waals surface area contributed by atoms with Gasteiger partial charge in [-0.1, -0.05) is 19.8 Å². The molecule has 2 rings (SSSR count). The van der Waals surface area contributed by atoms with Crippen molar-refractivity contribution in [1.29, 1.82) is 0 Å². The van der Waals surface area contributed by atoms with Gasteiger partial charge in [-0.2, -0.15) is 0 Å². The SMILES string of the molecule is CCc1cc(N2CCCCCC2CN)nc(C)n1. The predicted octanol–water partition coefficient (Wildman–Crippen LogP) is 2.06. The van der Waals surface area contributed by atoms with E-state index >= 15 is 0 Å². The van der Waals surface area contributed by atoms with Gasteiger partial charge in [-0.05, 0) is 26.2 Å². The van der Waals surface area contributed by atoms with Gasteiger partial charge < -0.3 is 10.6 Å². The van der Waals surface area contributed by atoms with Crippen LogP contribution in [0.3, 0.4) is 0 Å². The molecule has 1 aromatic rings. The van der Waals surface area contributed by atoms with Crippen molar-refractivity contribution < 1.29 is 0 Å². The average molecular weight is 248 g/mol. The quantitative estimate of drug-likeness (QED) is 0.889. The summed E-state index contributed by atoms with van der Waals surface area (Å²) in [6.45, 7) is 5.89. The molecule has 1 aromatic heterocycles. The summed E-state index contributed by atoms with van der Waals surface area (Å²) in [5.74, 6) is 1.93. The van der Waals surface area contributed by atoms with Crippen LogP contribution >= 0.6 is 0 Å². The zero-order valence-electron chi connectivity index (χ0n) is 11.5. The van der Waals surface area contributed by atoms with Crippen LogP contribution in [0.5, 0.6) is 0 Å². The molecule has 1 aliphatic rings. The fraction of sp³-hybridized carbons (Fsp3) is 0.714. The lowest BCUT2D eigenvalue weighted by atomic mass is 10.1. The summed E-state index contributed by atoms with van der Waals surface area (Å²) in [4.78, 5) is 11.4. The first kappa shape index (κ1) is 13.3. The average Bonchev–Trinajstić information content (AvgIpc) is 2.62. The van der Waals surface area contributed by atoms with Crippen LogP contribution in [-0.2, 0) is 6.42 Å². The molecule has 0 saturated carbocycles. The van der Waals surface area contributed by atoms with Gasteiger partial charge in [0.1, 0.15) is 11.6 Å². The molecule has 0 bridgehead atoms. The monoisotopic (exact) mass is 248 g/mol. The van der Waals surface area contributed by atoms with Crippen molar-refractivity contribution in [3.05, 3.63) is 17.6 Å². The summed E-state index contributed by atoms with van der Waals surface area (Å²) in [6, 6.07) is 2.56. The summed E-state index contributed by atoms with van der Waals surface area (Å²) < 4.78 is 0. The summed E-state index contributed by atoms with van der Waals surface area (Å²) in [5, 5.41) is 0. The summed E-state index contributed by atoms with van der Waals surface area (Å²) in [6.07, 6.45) is 5.96. The molecule has 100 valence electrons. The van der Waals surface area contributed by atoms with Gasteiger partial charge in [0.2, 0.25) is 0 Å². The molecule has 1 aliphatic heterocycles. The minimum absolute atomic E-state index is 0.437. The highest BCUT2D eigenvalue weighted by molar-refractivity contribution is 5.41. The second-order valence-corrected chi connectivity index (χ2v) is 5.05. The van der Waals surface area contributed by atoms with Crippen LogP contribution in [-0.4, -0.2) is 29.1 Å². The lowest BCUT2D eigenvalue weighted by Gasteiger charge is -2.30. The normalized spacial score (nSPS) is 20.8. The smallest absolute Gasteiger partial charge is 0.132 e. The third-order valence-corrected chi connectivity index (χ3v) is 3.68. The van der Waals surface area contributed by atoms with Gasteiger partial charge in [0.05, 0.1) is 0 Å². The Morgan fingerprint density at radius 1 is 1.33 bits per heavy atom. The highest BCUT2D eigenvalue weighted by Crippen LogP contribution is 2.22. The zero-order valence-corrected chi connectivity index (χ0v) is 11.5. The zero-order chi connectivity index (χ0) is 13.0. The van der Waals surface area contributed by atoms with Crippen molar-refractivity contribution >= 4 is 5.82 Å². The summed E-state index contributed by atoms with van der Waals surface area (Å²) in [5.41, 5.74) is 7.05. The molecule has 4 heteroatoms. The molecule has 0 aliphatic carbocycles. The Bertz CT molecular complexity index is 391. The van der Waals surface area contributed by atoms with Gasteiger partial charge in [-0.15, -0.1) is 0 Å². The first-order valence-corrected chi connectivity index (χ1v) is 7.06. The van der Waals surface area contributed by atoms with Crippen molar-refractivity contribution in [1.82, 2.24) is 9.97 Å². The van der Waals surface area contributed by atoms with E-state index in [0.717, 1.165) is 30.3 Å². The Balaban J connectivity index is 2.29. The predicted molar refractivity (Wildman–Crippen MR) is 74.8 cm³/mol. The Morgan fingerprint density at radius 2 is 2.17 bits per heavy atom. The van der Waals surface area contributed by atoms with Crippen molar-refractivity contribution in [2.45, 2.75) is 52.0 Å². The lowest BCUT2D eigenvalue weighted by Crippen LogP contribution is -2.41. The molecule has 1 fully saturated rings. The maximum atomic E-state index is 5.92. The van der Waals surface area contributed by atoms with Crippen LogP contribution in [0.2, 0.25) is 0 Å². The third-order valence-electron chi connectivity index (χ3n) is 3.68. The Kier molecular flexibility index (Phi) is 4.53. The van der Waals surface area contributed by atoms with Gasteiger partial charge in [-0.3, -0.25) is 0 Å². The molecular weight excluding hydrogens is 224 g/mol. The standard InChI is InChI=1S/C14H24N4/c1-3-12-9-14(17-11(2)16-12)18-8-6-4-5-7-13(18)10-15/h9,13H,3-8,10,15H2,1-2H3. The molecule has 18 heavy (non-hydrogen) atoms. The van der Waals surface area contributed by atoms with Crippen molar-refractivity contribution in [3.8, 4) is 0 Å². The van der Waals surface area contributed by atoms with E-state index in [9.17, 15) is 0 Å². The maximum Gasteiger partial charge on any atom is 0.132 e. The topological polar surface area (TPSA) is 55.0 Å². The number of aromatic nitrogens is 2. The van der Waals surface area contributed by atoms with E-state index in [1.165, 1.54) is 25.7 Å². The number of hydrogen-bond donors (Lipinski definition) is 1. The van der Waals surface area contributed by atoms with Gasteiger partial charge in [0, 0.05) is 30.9 Å². The Morgan fingerprint density at radius 3 is 2.89 bits per heavy atom. The number of hydrogen-bond acceptors (Lipinski definition) is 4. The van der Waals surface area contributed by atoms with Crippen LogP contribution in [0.15, 0.2) is 6.07 Å². The van der Waals surface area contributed by atoms with Crippen LogP contribution in [0.4, 0.5) is 5.82 Å². The van der Waals surface area contributed by atoms with Gasteiger partial charge >= 0.3 is 0 Å². The Hall–Kier alpha value is -1.16. The molecule has 0 spiro atoms. The fourth-order valence-corrected chi connectivity index (χ4v) is 2.66. The number of nitrogens with two attached hydrogens (primary N) is 1. The first-order chi connectivity index (χ1) is 8.74. The molecule has 2 heterocycles. The largest absolute Gasteiger partial charge is 0.352 e. The van der Waals surface area contributed by atoms with Crippen molar-refractivity contribution in [3.63, 3.8) is 0 Å². The van der Waals surface area contributed by atoms with E-state index in [4.69, 9.17) is 5.73 Å². The highest BCUT2D eigenvalue weighted by atomic mass is 15.2. The van der Waals surface area contributed by atoms with Gasteiger partial charge in [-0.25, -0.2) is 9.97 Å². The van der Waals surface area contributed by atoms with Crippen LogP contribution in [0.25, 0.3) is 0 Å². The molecule has 1 saturated heterocycles. The molecule has 0 amide bonds. The maximum absolute atomic E-state index is 5.92. The minimum atomic E-state index is 0.437. The minimum Gasteiger partial charge on any atom is -0.352 e. The number of anilines is 1. The third kappa shape index (κ3) is 2.99. The first-order valence-electron chi connectivity index (χ1n) is 7.06. The second-order valence-electron chi connectivity index (χ2n) is 5.05. The molecule has 0 aromatic carbocycles. The molecule has 1 unspecified atom stereocenters. The van der Waals surface area contributed by atoms with Crippen molar-refractivity contribution in [2.75, 3.05) is 18.0 Å².